The van der Waals surface area contributed by atoms with Crippen molar-refractivity contribution in [3.63, 3.8) is 0 Å². The summed E-state index contributed by atoms with van der Waals surface area (Å²) in [5.74, 6) is 0.200. The van der Waals surface area contributed by atoms with Crippen molar-refractivity contribution in [3.8, 4) is 0 Å². The lowest BCUT2D eigenvalue weighted by Gasteiger charge is -2.27. The van der Waals surface area contributed by atoms with E-state index in [2.05, 4.69) is 10.6 Å². The first-order valence-electron chi connectivity index (χ1n) is 11.3. The van der Waals surface area contributed by atoms with Crippen molar-refractivity contribution in [3.05, 3.63) is 0 Å². The lowest BCUT2D eigenvalue weighted by Crippen LogP contribution is -2.39. The Morgan fingerprint density at radius 3 is 1.93 bits per heavy atom. The van der Waals surface area contributed by atoms with Gasteiger partial charge in [-0.1, -0.05) is 6.42 Å². The monoisotopic (exact) mass is 450 g/mol. The Balaban J connectivity index is 4.06. The maximum atomic E-state index is 12.5. The molecule has 8 nitrogen and oxygen atoms in total. The van der Waals surface area contributed by atoms with Crippen LogP contribution >= 0.6 is 0 Å². The summed E-state index contributed by atoms with van der Waals surface area (Å²) in [7, 11) is -2.92. The van der Waals surface area contributed by atoms with Gasteiger partial charge in [-0.25, -0.2) is 13.2 Å². The van der Waals surface area contributed by atoms with E-state index in [4.69, 9.17) is 10.5 Å². The number of rotatable bonds is 18. The summed E-state index contributed by atoms with van der Waals surface area (Å²) in [6.07, 6.45) is 7.27. The van der Waals surface area contributed by atoms with Crippen molar-refractivity contribution in [1.82, 2.24) is 15.5 Å². The molecule has 0 saturated carbocycles. The van der Waals surface area contributed by atoms with Crippen molar-refractivity contribution in [2.45, 2.75) is 71.3 Å². The molecule has 0 bridgehead atoms. The van der Waals surface area contributed by atoms with Crippen molar-refractivity contribution in [1.29, 1.82) is 0 Å². The molecule has 0 fully saturated rings. The minimum Gasteiger partial charge on any atom is -0.444 e. The quantitative estimate of drug-likeness (QED) is 0.274. The van der Waals surface area contributed by atoms with Gasteiger partial charge in [0.05, 0.1) is 0 Å². The molecule has 1 amide bonds. The van der Waals surface area contributed by atoms with Crippen LogP contribution < -0.4 is 16.4 Å². The third kappa shape index (κ3) is 20.4. The number of unbranched alkanes of at least 4 members (excludes halogenated alkanes) is 3. The fourth-order valence-corrected chi connectivity index (χ4v) is 3.57. The first kappa shape index (κ1) is 29.1. The molecule has 0 spiro atoms. The van der Waals surface area contributed by atoms with Gasteiger partial charge in [0, 0.05) is 25.1 Å². The Hall–Kier alpha value is -0.900. The number of carbonyl (C=O) groups excluding carboxylic acids is 1. The predicted molar refractivity (Wildman–Crippen MR) is 125 cm³/mol. The maximum absolute atomic E-state index is 12.5. The van der Waals surface area contributed by atoms with Crippen LogP contribution in [0.2, 0.25) is 0 Å². The highest BCUT2D eigenvalue weighted by atomic mass is 32.2. The highest BCUT2D eigenvalue weighted by Crippen LogP contribution is 2.11. The Bertz CT molecular complexity index is 536. The van der Waals surface area contributed by atoms with Crippen molar-refractivity contribution in [2.24, 2.45) is 5.73 Å². The molecule has 0 saturated heterocycles. The molecular formula is C21H46N4O4S. The van der Waals surface area contributed by atoms with Crippen LogP contribution in [-0.2, 0) is 14.6 Å². The highest BCUT2D eigenvalue weighted by Gasteiger charge is 2.21. The number of hydrogen-bond acceptors (Lipinski definition) is 7. The molecule has 0 unspecified atom stereocenters. The van der Waals surface area contributed by atoms with Crippen molar-refractivity contribution in [2.75, 3.05) is 57.8 Å². The molecule has 9 heteroatoms. The number of nitrogens with two attached hydrogens (primary N) is 1. The fraction of sp³-hybridized carbons (Fsp3) is 0.952. The summed E-state index contributed by atoms with van der Waals surface area (Å²) >= 11 is 0. The molecule has 180 valence electrons. The van der Waals surface area contributed by atoms with E-state index in [0.717, 1.165) is 71.2 Å². The molecule has 0 aromatic carbocycles. The van der Waals surface area contributed by atoms with Crippen molar-refractivity contribution >= 4 is 15.9 Å². The smallest absolute Gasteiger partial charge is 0.410 e. The van der Waals surface area contributed by atoms with E-state index in [-0.39, 0.29) is 11.8 Å². The number of nitrogens with one attached hydrogen (secondary N) is 2. The molecule has 0 aliphatic rings. The van der Waals surface area contributed by atoms with Gasteiger partial charge in [0.2, 0.25) is 0 Å². The zero-order chi connectivity index (χ0) is 22.9. The minimum atomic E-state index is -2.92. The van der Waals surface area contributed by atoms with E-state index in [9.17, 15) is 13.2 Å². The van der Waals surface area contributed by atoms with E-state index >= 15 is 0 Å². The predicted octanol–water partition coefficient (Wildman–Crippen LogP) is 2.14. The van der Waals surface area contributed by atoms with E-state index in [1.165, 1.54) is 6.26 Å². The van der Waals surface area contributed by atoms with Crippen LogP contribution in [0.3, 0.4) is 0 Å². The maximum Gasteiger partial charge on any atom is 0.410 e. The number of ether oxygens (including phenoxy) is 1. The van der Waals surface area contributed by atoms with Gasteiger partial charge < -0.3 is 26.0 Å². The molecule has 30 heavy (non-hydrogen) atoms. The average Bonchev–Trinajstić information content (AvgIpc) is 2.61. The Labute approximate surface area is 184 Å². The lowest BCUT2D eigenvalue weighted by atomic mass is 10.2. The average molecular weight is 451 g/mol. The van der Waals surface area contributed by atoms with Crippen LogP contribution in [-0.4, -0.2) is 82.8 Å². The van der Waals surface area contributed by atoms with Crippen LogP contribution in [0, 0.1) is 0 Å². The molecule has 0 heterocycles. The minimum absolute atomic E-state index is 0.200. The Kier molecular flexibility index (Phi) is 16.2. The van der Waals surface area contributed by atoms with Crippen LogP contribution in [0.4, 0.5) is 4.79 Å². The topological polar surface area (TPSA) is 114 Å². The summed E-state index contributed by atoms with van der Waals surface area (Å²) in [4.78, 5) is 14.2. The normalized spacial score (nSPS) is 12.2. The second-order valence-corrected chi connectivity index (χ2v) is 11.1. The summed E-state index contributed by atoms with van der Waals surface area (Å²) in [5.41, 5.74) is 4.93. The van der Waals surface area contributed by atoms with Crippen LogP contribution in [0.15, 0.2) is 0 Å². The van der Waals surface area contributed by atoms with Gasteiger partial charge in [0.1, 0.15) is 15.4 Å². The third-order valence-electron chi connectivity index (χ3n) is 4.39. The number of amides is 1. The standard InChI is InChI=1S/C21H46N4O4S/c1-21(2,3)29-20(26)25(17-8-5-9-19-30(4,27)28)18-11-16-24-14-7-6-13-23-15-10-12-22/h23-24H,5-19,22H2,1-4H3. The molecule has 0 aromatic heterocycles. The van der Waals surface area contributed by atoms with E-state index in [1.807, 2.05) is 20.8 Å². The molecule has 0 aliphatic carbocycles. The Morgan fingerprint density at radius 1 is 0.867 bits per heavy atom. The van der Waals surface area contributed by atoms with Gasteiger partial charge in [-0.05, 0) is 92.0 Å². The van der Waals surface area contributed by atoms with Crippen LogP contribution in [0.1, 0.15) is 65.7 Å². The number of nitrogens with zero attached hydrogens (tertiary/aromatic N) is 1. The van der Waals surface area contributed by atoms with Crippen LogP contribution in [0.5, 0.6) is 0 Å². The van der Waals surface area contributed by atoms with Gasteiger partial charge in [0.15, 0.2) is 0 Å². The van der Waals surface area contributed by atoms with E-state index in [0.29, 0.717) is 19.5 Å². The second kappa shape index (κ2) is 16.8. The largest absolute Gasteiger partial charge is 0.444 e. The summed E-state index contributed by atoms with van der Waals surface area (Å²) in [6.45, 7) is 11.4. The summed E-state index contributed by atoms with van der Waals surface area (Å²) in [6, 6.07) is 0. The molecule has 0 rings (SSSR count). The second-order valence-electron chi connectivity index (χ2n) is 8.86. The zero-order valence-corrected chi connectivity index (χ0v) is 20.5. The molecular weight excluding hydrogens is 404 g/mol. The highest BCUT2D eigenvalue weighted by molar-refractivity contribution is 7.90. The zero-order valence-electron chi connectivity index (χ0n) is 19.7. The van der Waals surface area contributed by atoms with Crippen molar-refractivity contribution < 1.29 is 17.9 Å². The molecule has 0 aromatic rings. The molecule has 0 radical (unpaired) electrons. The van der Waals surface area contributed by atoms with Gasteiger partial charge in [0.25, 0.3) is 0 Å². The Morgan fingerprint density at radius 2 is 1.40 bits per heavy atom. The summed E-state index contributed by atoms with van der Waals surface area (Å²) in [5, 5.41) is 6.80. The van der Waals surface area contributed by atoms with E-state index in [1.54, 1.807) is 4.90 Å². The molecule has 0 atom stereocenters. The van der Waals surface area contributed by atoms with Gasteiger partial charge >= 0.3 is 6.09 Å². The van der Waals surface area contributed by atoms with Gasteiger partial charge in [-0.2, -0.15) is 0 Å². The third-order valence-corrected chi connectivity index (χ3v) is 5.42. The van der Waals surface area contributed by atoms with Gasteiger partial charge in [-0.3, -0.25) is 0 Å². The van der Waals surface area contributed by atoms with Gasteiger partial charge in [-0.15, -0.1) is 0 Å². The number of carbonyl (C=O) groups is 1. The number of sulfone groups is 1. The fourth-order valence-electron chi connectivity index (χ4n) is 2.84. The molecule has 0 aliphatic heterocycles. The first-order valence-corrected chi connectivity index (χ1v) is 13.4. The van der Waals surface area contributed by atoms with E-state index < -0.39 is 15.4 Å². The lowest BCUT2D eigenvalue weighted by molar-refractivity contribution is 0.0245. The summed E-state index contributed by atoms with van der Waals surface area (Å²) < 4.78 is 28.0. The number of hydrogen-bond donors (Lipinski definition) is 3. The first-order chi connectivity index (χ1) is 14.0. The molecule has 4 N–H and O–H groups in total. The SMILES string of the molecule is CC(C)(C)OC(=O)N(CCCCCS(C)(=O)=O)CCCNCCCCNCCCN. The van der Waals surface area contributed by atoms with Crippen LogP contribution in [0.25, 0.3) is 0 Å².